The summed E-state index contributed by atoms with van der Waals surface area (Å²) in [7, 11) is 0. The first kappa shape index (κ1) is 11.2. The van der Waals surface area contributed by atoms with Crippen LogP contribution in [0.1, 0.15) is 32.6 Å². The summed E-state index contributed by atoms with van der Waals surface area (Å²) in [6, 6.07) is 0. The zero-order valence-electron chi connectivity index (χ0n) is 5.48. The molecule has 1 N–H and O–H groups in total. The summed E-state index contributed by atoms with van der Waals surface area (Å²) < 4.78 is 0. The van der Waals surface area contributed by atoms with E-state index in [0.717, 1.165) is 6.42 Å². The predicted octanol–water partition coefficient (Wildman–Crippen LogP) is 1.67. The van der Waals surface area contributed by atoms with E-state index in [0.29, 0.717) is 6.61 Å². The fraction of sp³-hybridized carbons (Fsp3) is 1.00. The summed E-state index contributed by atoms with van der Waals surface area (Å²) in [4.78, 5) is 0. The summed E-state index contributed by atoms with van der Waals surface area (Å²) >= 11 is 0. The van der Waals surface area contributed by atoms with Crippen molar-refractivity contribution < 1.29 is 5.11 Å². The molecule has 0 aromatic rings. The second-order valence-corrected chi connectivity index (χ2v) is 1.78. The zero-order valence-corrected chi connectivity index (χ0v) is 6.48. The van der Waals surface area contributed by atoms with Crippen molar-refractivity contribution in [2.45, 2.75) is 32.6 Å². The van der Waals surface area contributed by atoms with E-state index in [2.05, 4.69) is 6.92 Å². The number of aliphatic hydroxyl groups is 1. The average molecular weight is 136 g/mol. The fourth-order valence-corrected chi connectivity index (χ4v) is 0.539. The molecule has 0 radical (unpaired) electrons. The van der Waals surface area contributed by atoms with Crippen LogP contribution < -0.4 is 0 Å². The molecular formula is C6H16OS. The molecule has 0 amide bonds. The first-order valence-corrected chi connectivity index (χ1v) is 3.02. The third-order valence-corrected chi connectivity index (χ3v) is 1.01. The zero-order chi connectivity index (χ0) is 5.54. The van der Waals surface area contributed by atoms with Gasteiger partial charge in [-0.15, -0.1) is 0 Å². The van der Waals surface area contributed by atoms with Gasteiger partial charge in [-0.1, -0.05) is 26.2 Å². The van der Waals surface area contributed by atoms with Gasteiger partial charge in [0.25, 0.3) is 0 Å². The molecule has 0 aromatic heterocycles. The topological polar surface area (TPSA) is 20.2 Å². The lowest BCUT2D eigenvalue weighted by Crippen LogP contribution is -1.80. The normalized spacial score (nSPS) is 8.25. The number of hydrogen-bond donors (Lipinski definition) is 1. The van der Waals surface area contributed by atoms with Gasteiger partial charge in [0.05, 0.1) is 0 Å². The largest absolute Gasteiger partial charge is 0.396 e. The van der Waals surface area contributed by atoms with Crippen LogP contribution in [0.2, 0.25) is 0 Å². The third kappa shape index (κ3) is 9.58. The van der Waals surface area contributed by atoms with Gasteiger partial charge in [0.1, 0.15) is 0 Å². The highest BCUT2D eigenvalue weighted by atomic mass is 32.1. The minimum absolute atomic E-state index is 0. The Morgan fingerprint density at radius 3 is 2.12 bits per heavy atom. The molecule has 8 heavy (non-hydrogen) atoms. The van der Waals surface area contributed by atoms with E-state index in [-0.39, 0.29) is 13.5 Å². The van der Waals surface area contributed by atoms with Crippen LogP contribution in [-0.2, 0) is 0 Å². The second-order valence-electron chi connectivity index (χ2n) is 1.78. The maximum Gasteiger partial charge on any atom is 0.0431 e. The number of rotatable bonds is 4. The van der Waals surface area contributed by atoms with Crippen molar-refractivity contribution in [2.24, 2.45) is 0 Å². The van der Waals surface area contributed by atoms with Gasteiger partial charge in [-0.2, -0.15) is 13.5 Å². The molecule has 52 valence electrons. The van der Waals surface area contributed by atoms with Crippen LogP contribution in [0.15, 0.2) is 0 Å². The molecule has 2 heteroatoms. The standard InChI is InChI=1S/C6H14O.H2S/c1-2-3-4-5-6-7;/h7H,2-6H2,1H3;1H2. The Bertz CT molecular complexity index is 27.7. The van der Waals surface area contributed by atoms with Crippen LogP contribution in [0.3, 0.4) is 0 Å². The van der Waals surface area contributed by atoms with Crippen molar-refractivity contribution in [3.8, 4) is 0 Å². The van der Waals surface area contributed by atoms with Crippen molar-refractivity contribution in [1.82, 2.24) is 0 Å². The number of hydrogen-bond acceptors (Lipinski definition) is 1. The Balaban J connectivity index is 0. The molecule has 0 bridgehead atoms. The average Bonchev–Trinajstić information content (AvgIpc) is 1.69. The van der Waals surface area contributed by atoms with E-state index in [4.69, 9.17) is 5.11 Å². The molecule has 0 atom stereocenters. The smallest absolute Gasteiger partial charge is 0.0431 e. The van der Waals surface area contributed by atoms with E-state index in [1.807, 2.05) is 0 Å². The minimum atomic E-state index is 0. The first-order valence-electron chi connectivity index (χ1n) is 3.02. The van der Waals surface area contributed by atoms with Gasteiger partial charge >= 0.3 is 0 Å². The van der Waals surface area contributed by atoms with Crippen molar-refractivity contribution in [3.05, 3.63) is 0 Å². The van der Waals surface area contributed by atoms with Gasteiger partial charge < -0.3 is 5.11 Å². The fourth-order valence-electron chi connectivity index (χ4n) is 0.539. The van der Waals surface area contributed by atoms with Gasteiger partial charge in [0, 0.05) is 6.61 Å². The molecule has 0 aromatic carbocycles. The molecule has 0 aliphatic heterocycles. The van der Waals surface area contributed by atoms with Crippen LogP contribution in [0, 0.1) is 0 Å². The van der Waals surface area contributed by atoms with Crippen LogP contribution >= 0.6 is 13.5 Å². The second kappa shape index (κ2) is 10.3. The molecule has 0 heterocycles. The Morgan fingerprint density at radius 1 is 1.12 bits per heavy atom. The van der Waals surface area contributed by atoms with E-state index < -0.39 is 0 Å². The lowest BCUT2D eigenvalue weighted by molar-refractivity contribution is 0.283. The molecule has 0 saturated carbocycles. The lowest BCUT2D eigenvalue weighted by Gasteiger charge is -1.90. The quantitative estimate of drug-likeness (QED) is 0.583. The molecule has 1 nitrogen and oxygen atoms in total. The molecule has 0 fully saturated rings. The van der Waals surface area contributed by atoms with Crippen LogP contribution in [0.25, 0.3) is 0 Å². The molecule has 0 rings (SSSR count). The first-order chi connectivity index (χ1) is 3.41. The highest BCUT2D eigenvalue weighted by Crippen LogP contribution is 1.95. The van der Waals surface area contributed by atoms with Crippen molar-refractivity contribution >= 4 is 13.5 Å². The summed E-state index contributed by atoms with van der Waals surface area (Å²) in [6.07, 6.45) is 4.68. The molecular weight excluding hydrogens is 120 g/mol. The molecule has 0 aliphatic carbocycles. The minimum Gasteiger partial charge on any atom is -0.396 e. The van der Waals surface area contributed by atoms with Crippen LogP contribution in [0.5, 0.6) is 0 Å². The number of unbranched alkanes of at least 4 members (excludes halogenated alkanes) is 3. The summed E-state index contributed by atoms with van der Waals surface area (Å²) in [5, 5.41) is 8.29. The highest BCUT2D eigenvalue weighted by Gasteiger charge is 1.80. The molecule has 0 saturated heterocycles. The van der Waals surface area contributed by atoms with Gasteiger partial charge in [-0.05, 0) is 6.42 Å². The Labute approximate surface area is 58.6 Å². The van der Waals surface area contributed by atoms with E-state index in [9.17, 15) is 0 Å². The highest BCUT2D eigenvalue weighted by molar-refractivity contribution is 7.59. The Morgan fingerprint density at radius 2 is 1.75 bits per heavy atom. The van der Waals surface area contributed by atoms with Gasteiger partial charge in [-0.25, -0.2) is 0 Å². The number of aliphatic hydroxyl groups excluding tert-OH is 1. The molecule has 0 aliphatic rings. The molecule has 0 spiro atoms. The van der Waals surface area contributed by atoms with Gasteiger partial charge in [-0.3, -0.25) is 0 Å². The Hall–Kier alpha value is 0.310. The van der Waals surface area contributed by atoms with E-state index >= 15 is 0 Å². The van der Waals surface area contributed by atoms with E-state index in [1.54, 1.807) is 0 Å². The van der Waals surface area contributed by atoms with Crippen LogP contribution in [0.4, 0.5) is 0 Å². The maximum atomic E-state index is 8.29. The summed E-state index contributed by atoms with van der Waals surface area (Å²) in [5.74, 6) is 0. The monoisotopic (exact) mass is 136 g/mol. The molecule has 0 unspecified atom stereocenters. The summed E-state index contributed by atoms with van der Waals surface area (Å²) in [5.41, 5.74) is 0. The predicted molar refractivity (Wildman–Crippen MR) is 41.6 cm³/mol. The van der Waals surface area contributed by atoms with Crippen molar-refractivity contribution in [1.29, 1.82) is 0 Å². The van der Waals surface area contributed by atoms with Gasteiger partial charge in [0.2, 0.25) is 0 Å². The van der Waals surface area contributed by atoms with E-state index in [1.165, 1.54) is 19.3 Å². The van der Waals surface area contributed by atoms with Crippen LogP contribution in [-0.4, -0.2) is 11.7 Å². The van der Waals surface area contributed by atoms with Crippen molar-refractivity contribution in [2.75, 3.05) is 6.61 Å². The van der Waals surface area contributed by atoms with Crippen molar-refractivity contribution in [3.63, 3.8) is 0 Å². The lowest BCUT2D eigenvalue weighted by atomic mass is 10.2. The SMILES string of the molecule is CCCCCCO.S. The summed E-state index contributed by atoms with van der Waals surface area (Å²) in [6.45, 7) is 2.53. The van der Waals surface area contributed by atoms with Gasteiger partial charge in [0.15, 0.2) is 0 Å². The third-order valence-electron chi connectivity index (χ3n) is 1.01. The Kier molecular flexibility index (Phi) is 14.4. The maximum absolute atomic E-state index is 8.29.